The van der Waals surface area contributed by atoms with Crippen molar-refractivity contribution in [1.29, 1.82) is 0 Å². The number of fused-ring (bicyclic) bond motifs is 1. The van der Waals surface area contributed by atoms with Crippen LogP contribution in [-0.4, -0.2) is 35.4 Å². The molecule has 1 aromatic heterocycles. The maximum Gasteiger partial charge on any atom is 0.179 e. The van der Waals surface area contributed by atoms with Gasteiger partial charge in [-0.05, 0) is 56.1 Å². The number of aromatic nitrogens is 2. The lowest BCUT2D eigenvalue weighted by Gasteiger charge is -2.22. The first-order valence-electron chi connectivity index (χ1n) is 10.2. The summed E-state index contributed by atoms with van der Waals surface area (Å²) in [7, 11) is 1.93. The largest absolute Gasteiger partial charge is 0.381 e. The molecule has 0 radical (unpaired) electrons. The first-order valence-corrected chi connectivity index (χ1v) is 10.6. The highest BCUT2D eigenvalue weighted by atomic mass is 32.1. The average Bonchev–Trinajstić information content (AvgIpc) is 3.23. The average molecular weight is 426 g/mol. The van der Waals surface area contributed by atoms with Gasteiger partial charge in [0, 0.05) is 62.6 Å². The van der Waals surface area contributed by atoms with E-state index in [-0.39, 0.29) is 5.56 Å². The quantitative estimate of drug-likeness (QED) is 0.433. The Kier molecular flexibility index (Phi) is 6.13. The fraction of sp³-hybridized carbons (Fsp3) is 0.571. The molecule has 29 heavy (non-hydrogen) atoms. The molecule has 1 aromatic carbocycles. The first-order chi connectivity index (χ1) is 14.0. The second-order valence-corrected chi connectivity index (χ2v) is 8.38. The molecule has 158 valence electrons. The minimum absolute atomic E-state index is 0.172. The topological polar surface area (TPSA) is 31.1 Å². The molecular formula is C21H26F3N3OS. The number of benzene rings is 1. The van der Waals surface area contributed by atoms with Crippen molar-refractivity contribution < 1.29 is 17.9 Å². The number of hydrogen-bond acceptors (Lipinski definition) is 3. The molecule has 1 fully saturated rings. The predicted molar refractivity (Wildman–Crippen MR) is 107 cm³/mol. The van der Waals surface area contributed by atoms with Crippen molar-refractivity contribution in [3.63, 3.8) is 0 Å². The lowest BCUT2D eigenvalue weighted by molar-refractivity contribution is 0.0664. The Morgan fingerprint density at radius 2 is 1.90 bits per heavy atom. The van der Waals surface area contributed by atoms with E-state index in [4.69, 9.17) is 17.0 Å². The van der Waals surface area contributed by atoms with E-state index < -0.39 is 23.4 Å². The zero-order chi connectivity index (χ0) is 20.5. The van der Waals surface area contributed by atoms with Crippen LogP contribution in [-0.2, 0) is 31.2 Å². The number of nitrogens with one attached hydrogen (secondary N) is 1. The third kappa shape index (κ3) is 4.02. The number of imidazole rings is 1. The molecule has 1 unspecified atom stereocenters. The second-order valence-electron chi connectivity index (χ2n) is 8.01. The van der Waals surface area contributed by atoms with Crippen LogP contribution in [0.4, 0.5) is 13.2 Å². The molecule has 2 aliphatic heterocycles. The molecule has 0 aliphatic carbocycles. The lowest BCUT2D eigenvalue weighted by atomic mass is 9.95. The number of halogens is 3. The van der Waals surface area contributed by atoms with Gasteiger partial charge < -0.3 is 19.2 Å². The Labute approximate surface area is 173 Å². The normalized spacial score (nSPS) is 19.7. The number of hydrogen-bond donors (Lipinski definition) is 1. The van der Waals surface area contributed by atoms with Crippen molar-refractivity contribution in [3.05, 3.63) is 51.3 Å². The van der Waals surface area contributed by atoms with Gasteiger partial charge in [0.15, 0.2) is 16.4 Å². The van der Waals surface area contributed by atoms with E-state index in [2.05, 4.69) is 5.32 Å². The van der Waals surface area contributed by atoms with E-state index >= 15 is 0 Å². The molecule has 0 bridgehead atoms. The summed E-state index contributed by atoms with van der Waals surface area (Å²) in [6, 6.07) is 1.83. The second kappa shape index (κ2) is 8.62. The number of ether oxygens (including phenoxy) is 1. The highest BCUT2D eigenvalue weighted by molar-refractivity contribution is 7.71. The van der Waals surface area contributed by atoms with E-state index in [9.17, 15) is 13.2 Å². The summed E-state index contributed by atoms with van der Waals surface area (Å²) in [4.78, 5) is 0. The van der Waals surface area contributed by atoms with E-state index in [0.29, 0.717) is 23.7 Å². The summed E-state index contributed by atoms with van der Waals surface area (Å²) in [5, 5.41) is 3.52. The van der Waals surface area contributed by atoms with Crippen LogP contribution >= 0.6 is 12.2 Å². The summed E-state index contributed by atoms with van der Waals surface area (Å²) >= 11 is 5.55. The standard InChI is InChI=1S/C21H26F3N3OS/c1-26-17(4-7-25-11-13-5-8-28-9-6-13)18-10-14(12-27(18)21(26)29)19-15(22)2-3-16(23)20(19)24/h2-3,13-14,25H,4-12H2,1H3. The molecule has 4 nitrogen and oxygen atoms in total. The van der Waals surface area contributed by atoms with E-state index in [0.717, 1.165) is 69.1 Å². The van der Waals surface area contributed by atoms with Crippen LogP contribution in [0.25, 0.3) is 0 Å². The van der Waals surface area contributed by atoms with Crippen LogP contribution in [0.5, 0.6) is 0 Å². The van der Waals surface area contributed by atoms with Crippen LogP contribution in [0.3, 0.4) is 0 Å². The lowest BCUT2D eigenvalue weighted by Crippen LogP contribution is -2.29. The molecule has 1 atom stereocenters. The van der Waals surface area contributed by atoms with Gasteiger partial charge in [0.25, 0.3) is 0 Å². The van der Waals surface area contributed by atoms with Gasteiger partial charge in [0.1, 0.15) is 5.82 Å². The highest BCUT2D eigenvalue weighted by Crippen LogP contribution is 2.35. The maximum absolute atomic E-state index is 14.3. The minimum Gasteiger partial charge on any atom is -0.381 e. The Balaban J connectivity index is 1.46. The third-order valence-corrected chi connectivity index (χ3v) is 6.72. The van der Waals surface area contributed by atoms with Crippen molar-refractivity contribution in [3.8, 4) is 0 Å². The molecular weight excluding hydrogens is 399 g/mol. The summed E-state index contributed by atoms with van der Waals surface area (Å²) in [6.07, 6.45) is 3.42. The third-order valence-electron chi connectivity index (χ3n) is 6.22. The van der Waals surface area contributed by atoms with Gasteiger partial charge >= 0.3 is 0 Å². The van der Waals surface area contributed by atoms with Gasteiger partial charge in [-0.1, -0.05) is 0 Å². The molecule has 1 N–H and O–H groups in total. The first kappa shape index (κ1) is 20.6. The minimum atomic E-state index is -1.09. The molecule has 8 heteroatoms. The van der Waals surface area contributed by atoms with Gasteiger partial charge in [-0.25, -0.2) is 13.2 Å². The van der Waals surface area contributed by atoms with Crippen molar-refractivity contribution in [1.82, 2.24) is 14.5 Å². The Hall–Kier alpha value is -1.64. The zero-order valence-corrected chi connectivity index (χ0v) is 17.3. The van der Waals surface area contributed by atoms with Crippen LogP contribution in [0.15, 0.2) is 12.1 Å². The molecule has 1 saturated heterocycles. The van der Waals surface area contributed by atoms with Gasteiger partial charge in [-0.3, -0.25) is 0 Å². The maximum atomic E-state index is 14.3. The van der Waals surface area contributed by atoms with Crippen molar-refractivity contribution in [2.75, 3.05) is 26.3 Å². The van der Waals surface area contributed by atoms with E-state index in [1.807, 2.05) is 16.2 Å². The molecule has 0 saturated carbocycles. The summed E-state index contributed by atoms with van der Waals surface area (Å²) in [6.45, 7) is 3.82. The zero-order valence-electron chi connectivity index (χ0n) is 16.5. The van der Waals surface area contributed by atoms with E-state index in [1.165, 1.54) is 0 Å². The number of nitrogens with zero attached hydrogens (tertiary/aromatic N) is 2. The Bertz CT molecular complexity index is 950. The molecule has 0 spiro atoms. The van der Waals surface area contributed by atoms with Crippen LogP contribution < -0.4 is 5.32 Å². The van der Waals surface area contributed by atoms with Crippen LogP contribution in [0.1, 0.15) is 35.7 Å². The Morgan fingerprint density at radius 3 is 2.66 bits per heavy atom. The smallest absolute Gasteiger partial charge is 0.179 e. The van der Waals surface area contributed by atoms with Gasteiger partial charge in [0.2, 0.25) is 0 Å². The van der Waals surface area contributed by atoms with E-state index in [1.54, 1.807) is 0 Å². The number of rotatable bonds is 6. The van der Waals surface area contributed by atoms with Crippen LogP contribution in [0, 0.1) is 28.1 Å². The molecule has 2 aliphatic rings. The SMILES string of the molecule is Cn1c(CCNCC2CCOCC2)c2n(c1=S)CC(c1c(F)ccc(F)c1F)C2. The van der Waals surface area contributed by atoms with Crippen molar-refractivity contribution in [2.45, 2.75) is 38.1 Å². The fourth-order valence-electron chi connectivity index (χ4n) is 4.58. The van der Waals surface area contributed by atoms with Gasteiger partial charge in [-0.15, -0.1) is 0 Å². The molecule has 2 aromatic rings. The van der Waals surface area contributed by atoms with Gasteiger partial charge in [0.05, 0.1) is 0 Å². The monoisotopic (exact) mass is 425 g/mol. The molecule has 0 amide bonds. The van der Waals surface area contributed by atoms with Crippen molar-refractivity contribution >= 4 is 12.2 Å². The van der Waals surface area contributed by atoms with Crippen molar-refractivity contribution in [2.24, 2.45) is 13.0 Å². The summed E-state index contributed by atoms with van der Waals surface area (Å²) in [5.74, 6) is -2.60. The summed E-state index contributed by atoms with van der Waals surface area (Å²) < 4.78 is 52.1. The Morgan fingerprint density at radius 1 is 1.17 bits per heavy atom. The molecule has 4 rings (SSSR count). The highest BCUT2D eigenvalue weighted by Gasteiger charge is 2.32. The van der Waals surface area contributed by atoms with Crippen LogP contribution in [0.2, 0.25) is 0 Å². The molecule has 3 heterocycles. The predicted octanol–water partition coefficient (Wildman–Crippen LogP) is 3.87. The van der Waals surface area contributed by atoms with Gasteiger partial charge in [-0.2, -0.15) is 0 Å². The summed E-state index contributed by atoms with van der Waals surface area (Å²) in [5.41, 5.74) is 1.90. The fourth-order valence-corrected chi connectivity index (χ4v) is 4.88.